The molecule has 3 rings (SSSR count). The lowest BCUT2D eigenvalue weighted by Crippen LogP contribution is -2.38. The van der Waals surface area contributed by atoms with Gasteiger partial charge in [0.1, 0.15) is 24.6 Å². The first-order valence-corrected chi connectivity index (χ1v) is 13.6. The third-order valence-corrected chi connectivity index (χ3v) is 7.81. The molecule has 2 aromatic heterocycles. The van der Waals surface area contributed by atoms with Crippen LogP contribution in [0, 0.1) is 6.92 Å². The highest BCUT2D eigenvalue weighted by Gasteiger charge is 2.40. The van der Waals surface area contributed by atoms with Gasteiger partial charge in [-0.1, -0.05) is 23.1 Å². The van der Waals surface area contributed by atoms with Crippen LogP contribution in [0.25, 0.3) is 16.9 Å². The highest BCUT2D eigenvalue weighted by atomic mass is 35.7. The zero-order chi connectivity index (χ0) is 26.9. The Hall–Kier alpha value is -2.09. The fraction of sp³-hybridized carbons (Fsp3) is 0.391. The maximum atomic E-state index is 14.3. The second-order valence-electron chi connectivity index (χ2n) is 9.80. The molecule has 1 aromatic carbocycles. The van der Waals surface area contributed by atoms with E-state index in [-0.39, 0.29) is 23.4 Å². The number of nitrogens with zero attached hydrogens (tertiary/aromatic N) is 4. The zero-order valence-electron chi connectivity index (χ0n) is 21.4. The van der Waals surface area contributed by atoms with E-state index < -0.39 is 16.2 Å². The maximum absolute atomic E-state index is 14.3. The molecule has 3 aromatic rings. The number of esters is 1. The van der Waals surface area contributed by atoms with Gasteiger partial charge in [-0.25, -0.2) is 23.8 Å². The molecule has 0 saturated heterocycles. The van der Waals surface area contributed by atoms with E-state index in [1.807, 2.05) is 32.0 Å². The van der Waals surface area contributed by atoms with E-state index in [2.05, 4.69) is 46.0 Å². The molecule has 0 saturated carbocycles. The van der Waals surface area contributed by atoms with Crippen molar-refractivity contribution in [2.45, 2.75) is 50.2 Å². The number of aryl methyl sites for hydroxylation is 1. The lowest BCUT2D eigenvalue weighted by Gasteiger charge is -2.39. The van der Waals surface area contributed by atoms with Crippen molar-refractivity contribution in [3.05, 3.63) is 53.7 Å². The largest absolute Gasteiger partial charge is 0.476 e. The van der Waals surface area contributed by atoms with Crippen molar-refractivity contribution >= 4 is 52.6 Å². The quantitative estimate of drug-likeness (QED) is 0.172. The number of aromatic nitrogens is 4. The van der Waals surface area contributed by atoms with Crippen LogP contribution in [0.2, 0.25) is 5.31 Å². The van der Waals surface area contributed by atoms with Crippen molar-refractivity contribution in [1.29, 1.82) is 0 Å². The molecule has 3 unspecified atom stereocenters. The third kappa shape index (κ3) is 6.24. The van der Waals surface area contributed by atoms with E-state index in [4.69, 9.17) is 20.2 Å². The molecule has 0 spiro atoms. The van der Waals surface area contributed by atoms with Gasteiger partial charge in [0.25, 0.3) is 0 Å². The predicted molar refractivity (Wildman–Crippen MR) is 151 cm³/mol. The van der Waals surface area contributed by atoms with E-state index in [1.54, 1.807) is 13.0 Å². The van der Waals surface area contributed by atoms with Gasteiger partial charge in [-0.05, 0) is 77.6 Å². The Morgan fingerprint density at radius 3 is 2.36 bits per heavy atom. The fourth-order valence-corrected chi connectivity index (χ4v) is 4.53. The van der Waals surface area contributed by atoms with Crippen molar-refractivity contribution in [3.63, 3.8) is 0 Å². The van der Waals surface area contributed by atoms with Gasteiger partial charge in [-0.2, -0.15) is 5.10 Å². The van der Waals surface area contributed by atoms with Crippen molar-refractivity contribution < 1.29 is 18.7 Å². The van der Waals surface area contributed by atoms with Gasteiger partial charge in [0.05, 0.1) is 24.7 Å². The number of hydrogen-bond donors (Lipinski definition) is 0. The van der Waals surface area contributed by atoms with Gasteiger partial charge in [0, 0.05) is 5.56 Å². The number of hydrogen-bond acceptors (Lipinski definition) is 7. The van der Waals surface area contributed by atoms with E-state index in [0.717, 1.165) is 22.1 Å². The van der Waals surface area contributed by atoms with Crippen LogP contribution in [-0.4, -0.2) is 53.0 Å². The molecular formula is C23H29B2ClFN4O3PS. The van der Waals surface area contributed by atoms with Crippen molar-refractivity contribution in [1.82, 2.24) is 19.7 Å². The van der Waals surface area contributed by atoms with Gasteiger partial charge in [-0.15, -0.1) is 0 Å². The number of alkyl halides is 1. The Labute approximate surface area is 223 Å². The Kier molecular flexibility index (Phi) is 8.48. The number of halogens is 2. The SMILES string of the molecule is BC(F)(P)c1ncc(-n2nc(C(=O)OCC)cc2-c2cc(C)cc(OC(C)(SCl)C(B)(C)C)c2)cn1. The molecule has 2 heterocycles. The molecular weight excluding hydrogens is 519 g/mol. The summed E-state index contributed by atoms with van der Waals surface area (Å²) in [4.78, 5) is 20.1. The van der Waals surface area contributed by atoms with E-state index in [0.29, 0.717) is 17.1 Å². The summed E-state index contributed by atoms with van der Waals surface area (Å²) in [6.45, 7) is 9.95. The van der Waals surface area contributed by atoms with E-state index in [9.17, 15) is 9.18 Å². The molecule has 0 N–H and O–H groups in total. The molecule has 0 bridgehead atoms. The highest BCUT2D eigenvalue weighted by molar-refractivity contribution is 8.22. The van der Waals surface area contributed by atoms with Gasteiger partial charge in [-0.3, -0.25) is 0 Å². The topological polar surface area (TPSA) is 79.1 Å². The molecule has 7 nitrogen and oxygen atoms in total. The monoisotopic (exact) mass is 548 g/mol. The molecule has 0 radical (unpaired) electrons. The molecule has 0 aliphatic heterocycles. The first-order chi connectivity index (χ1) is 16.7. The predicted octanol–water partition coefficient (Wildman–Crippen LogP) is 4.22. The first kappa shape index (κ1) is 28.5. The third-order valence-electron chi connectivity index (χ3n) is 5.68. The van der Waals surface area contributed by atoms with Crippen LogP contribution >= 0.6 is 30.9 Å². The minimum atomic E-state index is -1.77. The number of benzene rings is 1. The van der Waals surface area contributed by atoms with Crippen molar-refractivity contribution in [2.24, 2.45) is 0 Å². The van der Waals surface area contributed by atoms with Crippen LogP contribution < -0.4 is 4.74 Å². The van der Waals surface area contributed by atoms with E-state index in [1.165, 1.54) is 24.9 Å². The highest BCUT2D eigenvalue weighted by Crippen LogP contribution is 2.48. The molecule has 0 amide bonds. The summed E-state index contributed by atoms with van der Waals surface area (Å²) in [7, 11) is 12.8. The average Bonchev–Trinajstić information content (AvgIpc) is 3.23. The Balaban J connectivity index is 2.14. The number of rotatable bonds is 9. The maximum Gasteiger partial charge on any atom is 0.358 e. The van der Waals surface area contributed by atoms with Crippen LogP contribution in [0.4, 0.5) is 4.39 Å². The second kappa shape index (κ2) is 10.7. The normalized spacial score (nSPS) is 15.1. The molecule has 3 atom stereocenters. The van der Waals surface area contributed by atoms with Gasteiger partial charge < -0.3 is 9.47 Å². The van der Waals surface area contributed by atoms with Crippen LogP contribution in [0.1, 0.15) is 49.6 Å². The number of ether oxygens (including phenoxy) is 2. The Morgan fingerprint density at radius 1 is 1.19 bits per heavy atom. The standard InChI is InChI=1S/C23H29B2ClFN4O3PS/c1-6-33-19(32)17-10-18(31(30-17)15-11-28-20(29-12-15)23(25,27)35)14-7-13(2)8-16(9-14)34-22(5,36-26)21(3,4)24/h7-12H,6,24-25,35H2,1-5H3. The van der Waals surface area contributed by atoms with Crippen molar-refractivity contribution in [2.75, 3.05) is 6.61 Å². The molecule has 0 aliphatic rings. The minimum Gasteiger partial charge on any atom is -0.476 e. The lowest BCUT2D eigenvalue weighted by atomic mass is 9.68. The summed E-state index contributed by atoms with van der Waals surface area (Å²) in [5, 5.41) is 2.42. The van der Waals surface area contributed by atoms with Gasteiger partial charge >= 0.3 is 5.97 Å². The molecule has 36 heavy (non-hydrogen) atoms. The summed E-state index contributed by atoms with van der Waals surface area (Å²) < 4.78 is 27.3. The number of carbonyl (C=O) groups is 1. The van der Waals surface area contributed by atoms with Crippen LogP contribution in [0.15, 0.2) is 36.7 Å². The minimum absolute atomic E-state index is 0.0156. The second-order valence-corrected chi connectivity index (χ2v) is 12.3. The molecule has 0 aliphatic carbocycles. The Morgan fingerprint density at radius 2 is 1.83 bits per heavy atom. The molecule has 13 heteroatoms. The molecule has 0 fully saturated rings. The Bertz CT molecular complexity index is 1250. The number of carbonyl (C=O) groups excluding carboxylic acids is 1. The summed E-state index contributed by atoms with van der Waals surface area (Å²) in [5.74, 6) is 0.0740. The van der Waals surface area contributed by atoms with Crippen LogP contribution in [0.5, 0.6) is 5.75 Å². The summed E-state index contributed by atoms with van der Waals surface area (Å²) >= 11 is 0. The van der Waals surface area contributed by atoms with Crippen LogP contribution in [-0.2, 0) is 10.0 Å². The summed E-state index contributed by atoms with van der Waals surface area (Å²) in [6.07, 6.45) is 2.92. The molecule has 190 valence electrons. The van der Waals surface area contributed by atoms with Gasteiger partial charge in [0.15, 0.2) is 24.3 Å². The fourth-order valence-electron chi connectivity index (χ4n) is 3.24. The summed E-state index contributed by atoms with van der Waals surface area (Å²) in [6, 6.07) is 7.38. The summed E-state index contributed by atoms with van der Waals surface area (Å²) in [5.41, 5.74) is 2.85. The first-order valence-electron chi connectivity index (χ1n) is 11.4. The zero-order valence-corrected chi connectivity index (χ0v) is 24.2. The average molecular weight is 549 g/mol. The lowest BCUT2D eigenvalue weighted by molar-refractivity contribution is 0.0519. The van der Waals surface area contributed by atoms with Gasteiger partial charge in [0.2, 0.25) is 0 Å². The van der Waals surface area contributed by atoms with E-state index >= 15 is 0 Å². The smallest absolute Gasteiger partial charge is 0.358 e. The van der Waals surface area contributed by atoms with Crippen molar-refractivity contribution in [3.8, 4) is 22.7 Å². The van der Waals surface area contributed by atoms with Crippen LogP contribution in [0.3, 0.4) is 0 Å².